The molecule has 0 saturated heterocycles. The van der Waals surface area contributed by atoms with E-state index in [0.717, 1.165) is 48.5 Å². The largest absolute Gasteiger partial charge is 0.478 e. The van der Waals surface area contributed by atoms with E-state index in [2.05, 4.69) is 0 Å². The van der Waals surface area contributed by atoms with Crippen LogP contribution < -0.4 is 4.13 Å². The fraction of sp³-hybridized carbons (Fsp3) is 0. The summed E-state index contributed by atoms with van der Waals surface area (Å²) in [6, 6.07) is 8.24. The lowest BCUT2D eigenvalue weighted by Crippen LogP contribution is -2.31. The van der Waals surface area contributed by atoms with Gasteiger partial charge in [-0.3, -0.25) is 0 Å². The van der Waals surface area contributed by atoms with Crippen LogP contribution in [0, 0.1) is 0 Å². The number of carboxylic acid groups (broad SMARTS) is 2. The molecule has 3 N–H and O–H groups in total. The van der Waals surface area contributed by atoms with E-state index in [1.165, 1.54) is 4.13 Å². The summed E-state index contributed by atoms with van der Waals surface area (Å²) >= 11 is 0. The molecule has 0 saturated carbocycles. The lowest BCUT2D eigenvalue weighted by Gasteiger charge is -2.09. The van der Waals surface area contributed by atoms with Gasteiger partial charge in [0.15, 0.2) is 0 Å². The molecule has 2 aromatic carbocycles. The second-order valence-corrected chi connectivity index (χ2v) is 8.38. The van der Waals surface area contributed by atoms with Gasteiger partial charge >= 0.3 is 11.9 Å². The van der Waals surface area contributed by atoms with Crippen molar-refractivity contribution in [2.45, 2.75) is 9.79 Å². The van der Waals surface area contributed by atoms with Gasteiger partial charge < -0.3 is 10.2 Å². The summed E-state index contributed by atoms with van der Waals surface area (Å²) in [5, 5.41) is 17.8. The number of sulfonamides is 2. The average molecular weight is 385 g/mol. The van der Waals surface area contributed by atoms with Crippen molar-refractivity contribution in [3.05, 3.63) is 59.7 Å². The summed E-state index contributed by atoms with van der Waals surface area (Å²) in [5.74, 6) is -2.76. The third kappa shape index (κ3) is 4.21. The highest BCUT2D eigenvalue weighted by molar-refractivity contribution is 8.04. The first-order valence-electron chi connectivity index (χ1n) is 6.48. The Balaban J connectivity index is 2.43. The molecule has 0 aliphatic rings. The van der Waals surface area contributed by atoms with Gasteiger partial charge in [0.05, 0.1) is 20.9 Å². The molecule has 11 heteroatoms. The zero-order valence-corrected chi connectivity index (χ0v) is 13.9. The number of benzene rings is 2. The summed E-state index contributed by atoms with van der Waals surface area (Å²) in [6.45, 7) is 0. The van der Waals surface area contributed by atoms with Crippen LogP contribution in [0.2, 0.25) is 0 Å². The van der Waals surface area contributed by atoms with Gasteiger partial charge in [-0.1, -0.05) is 12.1 Å². The molecule has 0 fully saturated rings. The van der Waals surface area contributed by atoms with Crippen molar-refractivity contribution < 1.29 is 36.6 Å². The number of carbonyl (C=O) groups is 2. The Morgan fingerprint density at radius 1 is 0.720 bits per heavy atom. The zero-order valence-electron chi connectivity index (χ0n) is 12.3. The Bertz CT molecular complexity index is 972. The molecular formula is C14H11NO8S2. The van der Waals surface area contributed by atoms with Crippen LogP contribution in [0.3, 0.4) is 0 Å². The third-order valence-corrected chi connectivity index (χ3v) is 6.51. The van der Waals surface area contributed by atoms with Crippen LogP contribution >= 0.6 is 0 Å². The standard InChI is InChI=1S/C14H11NO8S2/c16-13(17)9-3-1-5-11(7-9)24(20,21)15-25(22,23)12-6-2-4-10(8-12)14(18)19/h1-8,15H,(H,16,17)(H,18,19). The second-order valence-electron chi connectivity index (χ2n) is 4.76. The molecule has 0 amide bonds. The molecule has 0 atom stereocenters. The van der Waals surface area contributed by atoms with Crippen molar-refractivity contribution in [2.75, 3.05) is 0 Å². The van der Waals surface area contributed by atoms with E-state index in [0.29, 0.717) is 0 Å². The van der Waals surface area contributed by atoms with Gasteiger partial charge in [-0.05, 0) is 36.4 Å². The maximum absolute atomic E-state index is 12.2. The lowest BCUT2D eigenvalue weighted by atomic mass is 10.2. The highest BCUT2D eigenvalue weighted by Crippen LogP contribution is 2.17. The van der Waals surface area contributed by atoms with Crippen LogP contribution in [0.15, 0.2) is 58.3 Å². The average Bonchev–Trinajstić information content (AvgIpc) is 2.54. The number of hydrogen-bond acceptors (Lipinski definition) is 6. The topological polar surface area (TPSA) is 155 Å². The number of carboxylic acids is 2. The van der Waals surface area contributed by atoms with Crippen molar-refractivity contribution in [3.63, 3.8) is 0 Å². The van der Waals surface area contributed by atoms with Gasteiger partial charge in [-0.15, -0.1) is 4.13 Å². The number of nitrogens with one attached hydrogen (secondary N) is 1. The minimum Gasteiger partial charge on any atom is -0.478 e. The molecule has 2 aromatic rings. The molecule has 2 rings (SSSR count). The molecular weight excluding hydrogens is 374 g/mol. The minimum absolute atomic E-state index is 0.340. The smallest absolute Gasteiger partial charge is 0.335 e. The molecule has 0 unspecified atom stereocenters. The molecule has 0 aromatic heterocycles. The summed E-state index contributed by atoms with van der Waals surface area (Å²) in [5.41, 5.74) is -0.679. The quantitative estimate of drug-likeness (QED) is 0.658. The van der Waals surface area contributed by atoms with E-state index in [1.807, 2.05) is 0 Å². The molecule has 0 radical (unpaired) electrons. The lowest BCUT2D eigenvalue weighted by molar-refractivity contribution is 0.0685. The molecule has 0 aliphatic heterocycles. The summed E-state index contributed by atoms with van der Waals surface area (Å²) in [7, 11) is -9.21. The summed E-state index contributed by atoms with van der Waals surface area (Å²) in [4.78, 5) is 20.7. The zero-order chi connectivity index (χ0) is 18.8. The minimum atomic E-state index is -4.60. The van der Waals surface area contributed by atoms with Crippen LogP contribution in [-0.4, -0.2) is 39.0 Å². The molecule has 0 aliphatic carbocycles. The Morgan fingerprint density at radius 3 is 1.40 bits per heavy atom. The molecule has 9 nitrogen and oxygen atoms in total. The van der Waals surface area contributed by atoms with Crippen LogP contribution in [0.1, 0.15) is 20.7 Å². The molecule has 0 spiro atoms. The molecule has 0 bridgehead atoms. The highest BCUT2D eigenvalue weighted by Gasteiger charge is 2.25. The van der Waals surface area contributed by atoms with Gasteiger partial charge in [0.1, 0.15) is 0 Å². The van der Waals surface area contributed by atoms with Crippen molar-refractivity contribution in [1.82, 2.24) is 4.13 Å². The van der Waals surface area contributed by atoms with Gasteiger partial charge in [-0.25, -0.2) is 26.4 Å². The van der Waals surface area contributed by atoms with E-state index >= 15 is 0 Å². The van der Waals surface area contributed by atoms with Crippen molar-refractivity contribution >= 4 is 32.0 Å². The first kappa shape index (κ1) is 18.6. The SMILES string of the molecule is O=C(O)c1cccc(S(=O)(=O)NS(=O)(=O)c2cccc(C(=O)O)c2)c1. The summed E-state index contributed by atoms with van der Waals surface area (Å²) < 4.78 is 50.3. The fourth-order valence-electron chi connectivity index (χ4n) is 1.83. The van der Waals surface area contributed by atoms with Crippen molar-refractivity contribution in [3.8, 4) is 0 Å². The van der Waals surface area contributed by atoms with Crippen LogP contribution in [0.25, 0.3) is 0 Å². The summed E-state index contributed by atoms with van der Waals surface area (Å²) in [6.07, 6.45) is 0. The van der Waals surface area contributed by atoms with Crippen LogP contribution in [0.5, 0.6) is 0 Å². The number of aromatic carboxylic acids is 2. The fourth-order valence-corrected chi connectivity index (χ4v) is 4.84. The Kier molecular flexibility index (Phi) is 4.92. The molecule has 0 heterocycles. The number of hydrogen-bond donors (Lipinski definition) is 3. The van der Waals surface area contributed by atoms with Crippen molar-refractivity contribution in [1.29, 1.82) is 0 Å². The first-order valence-corrected chi connectivity index (χ1v) is 9.45. The maximum Gasteiger partial charge on any atom is 0.335 e. The van der Waals surface area contributed by atoms with Crippen LogP contribution in [-0.2, 0) is 20.0 Å². The van der Waals surface area contributed by atoms with E-state index in [1.54, 1.807) is 0 Å². The van der Waals surface area contributed by atoms with E-state index in [-0.39, 0.29) is 11.1 Å². The van der Waals surface area contributed by atoms with Gasteiger partial charge in [0, 0.05) is 0 Å². The second kappa shape index (κ2) is 6.63. The first-order chi connectivity index (χ1) is 11.5. The third-order valence-electron chi connectivity index (χ3n) is 3.00. The van der Waals surface area contributed by atoms with E-state index in [4.69, 9.17) is 10.2 Å². The number of rotatable bonds is 6. The monoisotopic (exact) mass is 385 g/mol. The normalized spacial score (nSPS) is 11.8. The van der Waals surface area contributed by atoms with Gasteiger partial charge in [-0.2, -0.15) is 0 Å². The maximum atomic E-state index is 12.2. The molecule has 25 heavy (non-hydrogen) atoms. The predicted octanol–water partition coefficient (Wildman–Crippen LogP) is 0.750. The Labute approximate surface area is 142 Å². The van der Waals surface area contributed by atoms with Crippen molar-refractivity contribution in [2.24, 2.45) is 0 Å². The highest BCUT2D eigenvalue weighted by atomic mass is 32.3. The van der Waals surface area contributed by atoms with Gasteiger partial charge in [0.25, 0.3) is 20.0 Å². The van der Waals surface area contributed by atoms with Gasteiger partial charge in [0.2, 0.25) is 0 Å². The Morgan fingerprint density at radius 2 is 1.08 bits per heavy atom. The van der Waals surface area contributed by atoms with E-state index < -0.39 is 41.8 Å². The molecule has 132 valence electrons. The predicted molar refractivity (Wildman–Crippen MR) is 84.3 cm³/mol. The van der Waals surface area contributed by atoms with E-state index in [9.17, 15) is 26.4 Å². The Hall–Kier alpha value is -2.76. The van der Waals surface area contributed by atoms with Crippen LogP contribution in [0.4, 0.5) is 0 Å².